The van der Waals surface area contributed by atoms with Crippen LogP contribution >= 0.6 is 0 Å². The summed E-state index contributed by atoms with van der Waals surface area (Å²) in [6.07, 6.45) is 0.972. The molecule has 0 heterocycles. The zero-order valence-corrected chi connectivity index (χ0v) is 17.1. The van der Waals surface area contributed by atoms with Gasteiger partial charge in [0.25, 0.3) is 0 Å². The van der Waals surface area contributed by atoms with Gasteiger partial charge in [-0.2, -0.15) is 5.10 Å². The molecule has 0 aliphatic carbocycles. The van der Waals surface area contributed by atoms with Crippen molar-refractivity contribution in [3.8, 4) is 5.75 Å². The Kier molecular flexibility index (Phi) is 7.77. The molecule has 0 aliphatic rings. The first-order valence-corrected chi connectivity index (χ1v) is 9.27. The lowest BCUT2D eigenvalue weighted by Gasteiger charge is -2.23. The van der Waals surface area contributed by atoms with E-state index >= 15 is 0 Å². The summed E-state index contributed by atoms with van der Waals surface area (Å²) in [5, 5.41) is 6.73. The Hall–Kier alpha value is -3.35. The molecule has 0 saturated carbocycles. The molecule has 0 aromatic heterocycles. The number of ether oxygens (including phenoxy) is 2. The predicted molar refractivity (Wildman–Crippen MR) is 112 cm³/mol. The maximum absolute atomic E-state index is 12.3. The highest BCUT2D eigenvalue weighted by Crippen LogP contribution is 2.18. The number of nitrogens with one attached hydrogen (secondary N) is 2. The molecule has 0 unspecified atom stereocenters. The van der Waals surface area contributed by atoms with Crippen LogP contribution in [0, 0.1) is 0 Å². The molecule has 0 spiro atoms. The lowest BCUT2D eigenvalue weighted by molar-refractivity contribution is -0.121. The smallest absolute Gasteiger partial charge is 0.408 e. The molecule has 29 heavy (non-hydrogen) atoms. The number of amides is 2. The molecule has 2 aromatic carbocycles. The van der Waals surface area contributed by atoms with Crippen molar-refractivity contribution in [1.29, 1.82) is 0 Å². The third-order valence-corrected chi connectivity index (χ3v) is 3.80. The van der Waals surface area contributed by atoms with E-state index in [4.69, 9.17) is 9.47 Å². The molecule has 0 bridgehead atoms. The van der Waals surface area contributed by atoms with E-state index in [0.717, 1.165) is 16.9 Å². The fourth-order valence-corrected chi connectivity index (χ4v) is 2.49. The third kappa shape index (κ3) is 8.04. The van der Waals surface area contributed by atoms with Gasteiger partial charge in [-0.25, -0.2) is 10.2 Å². The van der Waals surface area contributed by atoms with Gasteiger partial charge in [0.05, 0.1) is 25.8 Å². The summed E-state index contributed by atoms with van der Waals surface area (Å²) in [6.45, 7) is 5.35. The molecular formula is C22H27N3O4. The summed E-state index contributed by atoms with van der Waals surface area (Å²) in [5.41, 5.74) is 3.48. The summed E-state index contributed by atoms with van der Waals surface area (Å²) in [6, 6.07) is 16.0. The maximum atomic E-state index is 12.3. The molecule has 2 N–H and O–H groups in total. The van der Waals surface area contributed by atoms with Crippen molar-refractivity contribution in [2.24, 2.45) is 5.10 Å². The predicted octanol–water partition coefficient (Wildman–Crippen LogP) is 3.80. The lowest BCUT2D eigenvalue weighted by atomic mass is 10.0. The van der Waals surface area contributed by atoms with E-state index in [9.17, 15) is 9.59 Å². The number of benzene rings is 2. The van der Waals surface area contributed by atoms with Crippen LogP contribution in [-0.2, 0) is 9.53 Å². The SMILES string of the molecule is COc1ccc(/C=N/NC(=O)C[C@H](NC(=O)OC(C)(C)C)c2ccccc2)cc1. The van der Waals surface area contributed by atoms with Crippen molar-refractivity contribution < 1.29 is 19.1 Å². The monoisotopic (exact) mass is 397 g/mol. The van der Waals surface area contributed by atoms with Gasteiger partial charge in [0.2, 0.25) is 5.91 Å². The fraction of sp³-hybridized carbons (Fsp3) is 0.318. The van der Waals surface area contributed by atoms with Gasteiger partial charge >= 0.3 is 6.09 Å². The molecule has 0 aliphatic heterocycles. The molecule has 0 fully saturated rings. The molecular weight excluding hydrogens is 370 g/mol. The van der Waals surface area contributed by atoms with Gasteiger partial charge in [0, 0.05) is 0 Å². The number of methoxy groups -OCH3 is 1. The number of hydrazone groups is 1. The minimum absolute atomic E-state index is 0.0171. The number of carbonyl (C=O) groups is 2. The second kappa shape index (κ2) is 10.3. The second-order valence-corrected chi connectivity index (χ2v) is 7.38. The average molecular weight is 397 g/mol. The van der Waals surface area contributed by atoms with E-state index in [1.807, 2.05) is 42.5 Å². The Morgan fingerprint density at radius 3 is 2.31 bits per heavy atom. The molecule has 0 radical (unpaired) electrons. The van der Waals surface area contributed by atoms with Crippen LogP contribution < -0.4 is 15.5 Å². The Balaban J connectivity index is 1.98. The van der Waals surface area contributed by atoms with Crippen molar-refractivity contribution in [1.82, 2.24) is 10.7 Å². The number of hydrogen-bond donors (Lipinski definition) is 2. The summed E-state index contributed by atoms with van der Waals surface area (Å²) in [7, 11) is 1.60. The van der Waals surface area contributed by atoms with Crippen LogP contribution in [0.1, 0.15) is 44.4 Å². The minimum atomic E-state index is -0.629. The van der Waals surface area contributed by atoms with Crippen LogP contribution in [0.15, 0.2) is 59.7 Å². The van der Waals surface area contributed by atoms with E-state index < -0.39 is 17.7 Å². The first-order valence-electron chi connectivity index (χ1n) is 9.27. The van der Waals surface area contributed by atoms with Crippen LogP contribution in [-0.4, -0.2) is 30.9 Å². The van der Waals surface area contributed by atoms with Gasteiger partial charge in [0.15, 0.2) is 0 Å². The Morgan fingerprint density at radius 2 is 1.72 bits per heavy atom. The third-order valence-electron chi connectivity index (χ3n) is 3.80. The first kappa shape index (κ1) is 21.9. The molecule has 0 saturated heterocycles. The number of hydrogen-bond acceptors (Lipinski definition) is 5. The molecule has 2 amide bonds. The zero-order chi connectivity index (χ0) is 21.3. The first-order chi connectivity index (χ1) is 13.8. The highest BCUT2D eigenvalue weighted by Gasteiger charge is 2.22. The molecule has 7 nitrogen and oxygen atoms in total. The van der Waals surface area contributed by atoms with Crippen molar-refractivity contribution in [2.45, 2.75) is 38.8 Å². The van der Waals surface area contributed by atoms with Gasteiger partial charge in [-0.05, 0) is 56.2 Å². The molecule has 154 valence electrons. The van der Waals surface area contributed by atoms with Crippen molar-refractivity contribution in [3.05, 3.63) is 65.7 Å². The maximum Gasteiger partial charge on any atom is 0.408 e. The van der Waals surface area contributed by atoms with E-state index in [1.165, 1.54) is 6.21 Å². The topological polar surface area (TPSA) is 89.0 Å². The van der Waals surface area contributed by atoms with E-state index in [-0.39, 0.29) is 12.3 Å². The van der Waals surface area contributed by atoms with Crippen LogP contribution in [0.4, 0.5) is 4.79 Å². The molecule has 7 heteroatoms. The summed E-state index contributed by atoms with van der Waals surface area (Å²) in [5.74, 6) is 0.407. The average Bonchev–Trinajstić information content (AvgIpc) is 2.67. The van der Waals surface area contributed by atoms with Crippen molar-refractivity contribution in [2.75, 3.05) is 7.11 Å². The van der Waals surface area contributed by atoms with E-state index in [2.05, 4.69) is 15.8 Å². The largest absolute Gasteiger partial charge is 0.497 e. The van der Waals surface area contributed by atoms with Crippen LogP contribution in [0.3, 0.4) is 0 Å². The van der Waals surface area contributed by atoms with Gasteiger partial charge in [0.1, 0.15) is 11.4 Å². The second-order valence-electron chi connectivity index (χ2n) is 7.38. The number of alkyl carbamates (subject to hydrolysis) is 1. The highest BCUT2D eigenvalue weighted by atomic mass is 16.6. The van der Waals surface area contributed by atoms with Crippen LogP contribution in [0.25, 0.3) is 0 Å². The summed E-state index contributed by atoms with van der Waals surface area (Å²) in [4.78, 5) is 24.5. The lowest BCUT2D eigenvalue weighted by Crippen LogP contribution is -2.36. The Bertz CT molecular complexity index is 827. The van der Waals surface area contributed by atoms with Crippen molar-refractivity contribution in [3.63, 3.8) is 0 Å². The quantitative estimate of drug-likeness (QED) is 0.549. The highest BCUT2D eigenvalue weighted by molar-refractivity contribution is 5.83. The van der Waals surface area contributed by atoms with Gasteiger partial charge < -0.3 is 14.8 Å². The zero-order valence-electron chi connectivity index (χ0n) is 17.1. The van der Waals surface area contributed by atoms with Crippen LogP contribution in [0.2, 0.25) is 0 Å². The van der Waals surface area contributed by atoms with E-state index in [0.29, 0.717) is 0 Å². The molecule has 2 aromatic rings. The molecule has 1 atom stereocenters. The summed E-state index contributed by atoms with van der Waals surface area (Å²) >= 11 is 0. The minimum Gasteiger partial charge on any atom is -0.497 e. The fourth-order valence-electron chi connectivity index (χ4n) is 2.49. The Morgan fingerprint density at radius 1 is 1.07 bits per heavy atom. The van der Waals surface area contributed by atoms with Crippen molar-refractivity contribution >= 4 is 18.2 Å². The number of rotatable bonds is 7. The normalized spacial score (nSPS) is 12.3. The number of nitrogens with zero attached hydrogens (tertiary/aromatic N) is 1. The number of carbonyl (C=O) groups excluding carboxylic acids is 2. The molecule has 2 rings (SSSR count). The van der Waals surface area contributed by atoms with Gasteiger partial charge in [-0.15, -0.1) is 0 Å². The van der Waals surface area contributed by atoms with Gasteiger partial charge in [-0.1, -0.05) is 30.3 Å². The van der Waals surface area contributed by atoms with Crippen LogP contribution in [0.5, 0.6) is 5.75 Å². The standard InChI is InChI=1S/C22H27N3O4/c1-22(2,3)29-21(27)24-19(17-8-6-5-7-9-17)14-20(26)25-23-15-16-10-12-18(28-4)13-11-16/h5-13,15,19H,14H2,1-4H3,(H,24,27)(H,25,26)/b23-15+/t19-/m0/s1. The summed E-state index contributed by atoms with van der Waals surface area (Å²) < 4.78 is 10.4. The van der Waals surface area contributed by atoms with Gasteiger partial charge in [-0.3, -0.25) is 4.79 Å². The van der Waals surface area contributed by atoms with E-state index in [1.54, 1.807) is 40.0 Å². The Labute approximate surface area is 171 Å².